The molecule has 1 saturated heterocycles. The molecule has 1 aromatic carbocycles. The van der Waals surface area contributed by atoms with E-state index in [1.54, 1.807) is 13.2 Å². The third-order valence-corrected chi connectivity index (χ3v) is 3.30. The number of amidine groups is 1. The van der Waals surface area contributed by atoms with Crippen molar-refractivity contribution in [3.8, 4) is 5.75 Å². The Kier molecular flexibility index (Phi) is 4.24. The number of aliphatic hydroxyl groups is 1. The minimum absolute atomic E-state index is 0.0279. The van der Waals surface area contributed by atoms with Crippen molar-refractivity contribution in [2.45, 2.75) is 19.1 Å². The average molecular weight is 265 g/mol. The summed E-state index contributed by atoms with van der Waals surface area (Å²) in [6, 6.07) is 5.59. The highest BCUT2D eigenvalue weighted by atomic mass is 16.5. The molecule has 2 rings (SSSR count). The van der Waals surface area contributed by atoms with E-state index in [9.17, 15) is 5.11 Å². The lowest BCUT2D eigenvalue weighted by Crippen LogP contribution is -2.22. The number of methoxy groups -OCH3 is 1. The lowest BCUT2D eigenvalue weighted by atomic mass is 10.1. The van der Waals surface area contributed by atoms with Gasteiger partial charge in [-0.2, -0.15) is 0 Å². The highest BCUT2D eigenvalue weighted by molar-refractivity contribution is 5.99. The summed E-state index contributed by atoms with van der Waals surface area (Å²) in [5.74, 6) is 0.598. The number of oxime groups is 1. The number of benzene rings is 1. The van der Waals surface area contributed by atoms with Crippen LogP contribution in [0.3, 0.4) is 0 Å². The molecule has 0 aliphatic carbocycles. The van der Waals surface area contributed by atoms with E-state index in [1.165, 1.54) is 0 Å². The van der Waals surface area contributed by atoms with Crippen molar-refractivity contribution >= 4 is 5.84 Å². The maximum Gasteiger partial charge on any atom is 0.173 e. The lowest BCUT2D eigenvalue weighted by molar-refractivity contribution is 0.175. The highest BCUT2D eigenvalue weighted by Crippen LogP contribution is 2.21. The van der Waals surface area contributed by atoms with E-state index < -0.39 is 0 Å². The topological polar surface area (TPSA) is 91.3 Å². The number of nitrogens with zero attached hydrogens (tertiary/aromatic N) is 2. The number of likely N-dealkylation sites (tertiary alicyclic amines) is 1. The third kappa shape index (κ3) is 3.15. The van der Waals surface area contributed by atoms with Gasteiger partial charge in [0.1, 0.15) is 5.75 Å². The molecule has 4 N–H and O–H groups in total. The maximum atomic E-state index is 9.51. The van der Waals surface area contributed by atoms with Crippen LogP contribution in [0.5, 0.6) is 5.75 Å². The van der Waals surface area contributed by atoms with Crippen LogP contribution in [0.4, 0.5) is 0 Å². The van der Waals surface area contributed by atoms with Gasteiger partial charge < -0.3 is 20.8 Å². The molecule has 0 bridgehead atoms. The molecule has 19 heavy (non-hydrogen) atoms. The second-order valence-electron chi connectivity index (χ2n) is 4.70. The summed E-state index contributed by atoms with van der Waals surface area (Å²) in [6.45, 7) is 2.30. The molecule has 1 unspecified atom stereocenters. The fraction of sp³-hybridized carbons (Fsp3) is 0.462. The van der Waals surface area contributed by atoms with Gasteiger partial charge in [-0.25, -0.2) is 0 Å². The van der Waals surface area contributed by atoms with Crippen LogP contribution in [0.1, 0.15) is 17.5 Å². The van der Waals surface area contributed by atoms with Crippen LogP contribution in [0, 0.1) is 0 Å². The van der Waals surface area contributed by atoms with E-state index in [-0.39, 0.29) is 11.9 Å². The van der Waals surface area contributed by atoms with Crippen LogP contribution in [-0.4, -0.2) is 47.4 Å². The fourth-order valence-corrected chi connectivity index (χ4v) is 2.32. The van der Waals surface area contributed by atoms with Gasteiger partial charge in [0, 0.05) is 19.6 Å². The summed E-state index contributed by atoms with van der Waals surface area (Å²) in [4.78, 5) is 2.17. The summed E-state index contributed by atoms with van der Waals surface area (Å²) in [5, 5.41) is 21.3. The first-order valence-electron chi connectivity index (χ1n) is 6.19. The van der Waals surface area contributed by atoms with E-state index in [1.807, 2.05) is 12.1 Å². The van der Waals surface area contributed by atoms with Gasteiger partial charge in [-0.3, -0.25) is 4.90 Å². The van der Waals surface area contributed by atoms with Crippen LogP contribution in [0.15, 0.2) is 23.4 Å². The van der Waals surface area contributed by atoms with Crippen molar-refractivity contribution in [3.05, 3.63) is 29.3 Å². The van der Waals surface area contributed by atoms with E-state index in [0.29, 0.717) is 17.9 Å². The molecule has 1 aliphatic rings. The summed E-state index contributed by atoms with van der Waals surface area (Å²) in [6.07, 6.45) is 0.574. The molecule has 6 heteroatoms. The van der Waals surface area contributed by atoms with E-state index >= 15 is 0 Å². The quantitative estimate of drug-likeness (QED) is 0.316. The predicted molar refractivity (Wildman–Crippen MR) is 71.4 cm³/mol. The van der Waals surface area contributed by atoms with Gasteiger partial charge in [-0.05, 0) is 24.1 Å². The summed E-state index contributed by atoms with van der Waals surface area (Å²) >= 11 is 0. The fourth-order valence-electron chi connectivity index (χ4n) is 2.32. The standard InChI is InChI=1S/C13H19N3O3/c1-19-12-3-2-9(6-11(12)13(14)15-18)7-16-5-4-10(17)8-16/h2-3,6,10,17-18H,4-5,7-8H2,1H3,(H2,14,15). The molecule has 1 fully saturated rings. The molecular formula is C13H19N3O3. The Morgan fingerprint density at radius 1 is 1.58 bits per heavy atom. The Labute approximate surface area is 112 Å². The van der Waals surface area contributed by atoms with Crippen molar-refractivity contribution in [1.29, 1.82) is 0 Å². The van der Waals surface area contributed by atoms with Crippen LogP contribution in [0.25, 0.3) is 0 Å². The van der Waals surface area contributed by atoms with Crippen molar-refractivity contribution in [3.63, 3.8) is 0 Å². The van der Waals surface area contributed by atoms with Gasteiger partial charge in [0.2, 0.25) is 0 Å². The van der Waals surface area contributed by atoms with Crippen molar-refractivity contribution < 1.29 is 15.1 Å². The monoisotopic (exact) mass is 265 g/mol. The molecule has 104 valence electrons. The molecule has 0 saturated carbocycles. The smallest absolute Gasteiger partial charge is 0.173 e. The SMILES string of the molecule is COc1ccc(CN2CCC(O)C2)cc1C(N)=NO. The third-order valence-electron chi connectivity index (χ3n) is 3.30. The molecule has 1 aliphatic heterocycles. The molecule has 0 aromatic heterocycles. The van der Waals surface area contributed by atoms with Gasteiger partial charge in [0.15, 0.2) is 5.84 Å². The van der Waals surface area contributed by atoms with Gasteiger partial charge >= 0.3 is 0 Å². The normalized spacial score (nSPS) is 20.7. The Hall–Kier alpha value is -1.79. The molecule has 1 atom stereocenters. The van der Waals surface area contributed by atoms with Crippen LogP contribution in [0.2, 0.25) is 0 Å². The molecule has 6 nitrogen and oxygen atoms in total. The number of hydrogen-bond donors (Lipinski definition) is 3. The first-order valence-corrected chi connectivity index (χ1v) is 6.19. The molecule has 0 spiro atoms. The molecule has 0 amide bonds. The number of hydrogen-bond acceptors (Lipinski definition) is 5. The predicted octanol–water partition coefficient (Wildman–Crippen LogP) is 0.356. The zero-order chi connectivity index (χ0) is 13.8. The number of aliphatic hydroxyl groups excluding tert-OH is 1. The van der Waals surface area contributed by atoms with Crippen molar-refractivity contribution in [2.75, 3.05) is 20.2 Å². The number of nitrogens with two attached hydrogens (primary N) is 1. The number of rotatable bonds is 4. The minimum Gasteiger partial charge on any atom is -0.496 e. The number of ether oxygens (including phenoxy) is 1. The lowest BCUT2D eigenvalue weighted by Gasteiger charge is -2.16. The van der Waals surface area contributed by atoms with E-state index in [4.69, 9.17) is 15.7 Å². The zero-order valence-electron chi connectivity index (χ0n) is 10.9. The van der Waals surface area contributed by atoms with Gasteiger partial charge in [-0.1, -0.05) is 11.2 Å². The van der Waals surface area contributed by atoms with Gasteiger partial charge in [0.05, 0.1) is 18.8 Å². The summed E-state index contributed by atoms with van der Waals surface area (Å²) in [7, 11) is 1.54. The molecule has 1 heterocycles. The van der Waals surface area contributed by atoms with Crippen LogP contribution >= 0.6 is 0 Å². The van der Waals surface area contributed by atoms with Gasteiger partial charge in [-0.15, -0.1) is 0 Å². The summed E-state index contributed by atoms with van der Waals surface area (Å²) in [5.41, 5.74) is 7.25. The maximum absolute atomic E-state index is 9.51. The van der Waals surface area contributed by atoms with Crippen LogP contribution in [-0.2, 0) is 6.54 Å². The first-order chi connectivity index (χ1) is 9.13. The Morgan fingerprint density at radius 3 is 2.95 bits per heavy atom. The van der Waals surface area contributed by atoms with E-state index in [2.05, 4.69) is 10.1 Å². The highest BCUT2D eigenvalue weighted by Gasteiger charge is 2.20. The summed E-state index contributed by atoms with van der Waals surface area (Å²) < 4.78 is 5.18. The minimum atomic E-state index is -0.234. The van der Waals surface area contributed by atoms with E-state index in [0.717, 1.165) is 25.1 Å². The molecular weight excluding hydrogens is 246 g/mol. The van der Waals surface area contributed by atoms with Gasteiger partial charge in [0.25, 0.3) is 0 Å². The average Bonchev–Trinajstić information content (AvgIpc) is 2.83. The largest absolute Gasteiger partial charge is 0.496 e. The molecule has 0 radical (unpaired) electrons. The number of β-amino-alcohol motifs (C(OH)–C–C–N with tert-alkyl or cyclic N) is 1. The Bertz CT molecular complexity index is 476. The second kappa shape index (κ2) is 5.90. The van der Waals surface area contributed by atoms with Crippen molar-refractivity contribution in [1.82, 2.24) is 4.90 Å². The second-order valence-corrected chi connectivity index (χ2v) is 4.70. The Balaban J connectivity index is 2.18. The van der Waals surface area contributed by atoms with Crippen LogP contribution < -0.4 is 10.5 Å². The molecule has 1 aromatic rings. The first kappa shape index (κ1) is 13.6. The Morgan fingerprint density at radius 2 is 2.37 bits per heavy atom. The zero-order valence-corrected chi connectivity index (χ0v) is 10.9. The van der Waals surface area contributed by atoms with Crippen molar-refractivity contribution in [2.24, 2.45) is 10.9 Å².